The molecular weight excluding hydrogens is 273 g/mol. The fourth-order valence-electron chi connectivity index (χ4n) is 1.72. The number of nitrogens with two attached hydrogens (primary N) is 1. The lowest BCUT2D eigenvalue weighted by Crippen LogP contribution is -2.09. The third-order valence-electron chi connectivity index (χ3n) is 2.78. The van der Waals surface area contributed by atoms with Gasteiger partial charge in [-0.15, -0.1) is 0 Å². The van der Waals surface area contributed by atoms with E-state index in [1.807, 2.05) is 0 Å². The smallest absolute Gasteiger partial charge is 0.396 e. The van der Waals surface area contributed by atoms with Crippen LogP contribution in [0.3, 0.4) is 0 Å². The Labute approximate surface area is 112 Å². The van der Waals surface area contributed by atoms with Gasteiger partial charge in [0.05, 0.1) is 11.8 Å². The zero-order valence-electron chi connectivity index (χ0n) is 10.4. The number of halogens is 3. The maximum absolute atomic E-state index is 12.4. The van der Waals surface area contributed by atoms with E-state index in [9.17, 15) is 13.2 Å². The number of hydrogen-bond donors (Lipinski definition) is 2. The van der Waals surface area contributed by atoms with Gasteiger partial charge in [-0.2, -0.15) is 23.0 Å². The number of aromatic nitrogens is 3. The van der Waals surface area contributed by atoms with Gasteiger partial charge in [-0.1, -0.05) is 0 Å². The van der Waals surface area contributed by atoms with Crippen molar-refractivity contribution in [2.45, 2.75) is 19.0 Å². The van der Waals surface area contributed by atoms with Crippen LogP contribution in [0.4, 0.5) is 19.0 Å². The average Bonchev–Trinajstić information content (AvgIpc) is 2.77. The van der Waals surface area contributed by atoms with Gasteiger partial charge in [0.15, 0.2) is 5.82 Å². The van der Waals surface area contributed by atoms with Crippen molar-refractivity contribution in [2.24, 2.45) is 0 Å². The first-order valence-electron chi connectivity index (χ1n) is 5.90. The van der Waals surface area contributed by atoms with Crippen molar-refractivity contribution >= 4 is 5.82 Å². The van der Waals surface area contributed by atoms with Crippen molar-refractivity contribution in [3.05, 3.63) is 35.7 Å². The van der Waals surface area contributed by atoms with Gasteiger partial charge in [0.2, 0.25) is 0 Å². The molecule has 5 nitrogen and oxygen atoms in total. The molecule has 0 unspecified atom stereocenters. The Kier molecular flexibility index (Phi) is 3.93. The maximum atomic E-state index is 12.4. The van der Waals surface area contributed by atoms with E-state index in [2.05, 4.69) is 10.1 Å². The molecule has 0 aromatic carbocycles. The molecule has 0 radical (unpaired) electrons. The normalized spacial score (nSPS) is 11.8. The van der Waals surface area contributed by atoms with Crippen molar-refractivity contribution in [1.82, 2.24) is 14.8 Å². The Morgan fingerprint density at radius 3 is 2.55 bits per heavy atom. The van der Waals surface area contributed by atoms with Gasteiger partial charge < -0.3 is 10.8 Å². The van der Waals surface area contributed by atoms with Crippen LogP contribution < -0.4 is 5.73 Å². The fourth-order valence-corrected chi connectivity index (χ4v) is 1.72. The molecule has 0 spiro atoms. The topological polar surface area (TPSA) is 77.0 Å². The van der Waals surface area contributed by atoms with Gasteiger partial charge >= 0.3 is 6.18 Å². The number of pyridine rings is 1. The van der Waals surface area contributed by atoms with E-state index >= 15 is 0 Å². The summed E-state index contributed by atoms with van der Waals surface area (Å²) in [7, 11) is 0. The summed E-state index contributed by atoms with van der Waals surface area (Å²) in [5, 5.41) is 12.8. The number of alkyl halides is 3. The van der Waals surface area contributed by atoms with Crippen LogP contribution in [-0.4, -0.2) is 26.5 Å². The van der Waals surface area contributed by atoms with E-state index in [0.29, 0.717) is 18.7 Å². The van der Waals surface area contributed by atoms with Crippen LogP contribution in [0.25, 0.3) is 5.82 Å². The second kappa shape index (κ2) is 5.49. The van der Waals surface area contributed by atoms with E-state index < -0.39 is 11.7 Å². The van der Waals surface area contributed by atoms with Gasteiger partial charge in [0.1, 0.15) is 5.82 Å². The predicted molar refractivity (Wildman–Crippen MR) is 66.2 cm³/mol. The van der Waals surface area contributed by atoms with Crippen molar-refractivity contribution in [3.8, 4) is 5.82 Å². The molecule has 2 aromatic rings. The summed E-state index contributed by atoms with van der Waals surface area (Å²) in [5.41, 5.74) is 5.75. The van der Waals surface area contributed by atoms with Crippen LogP contribution >= 0.6 is 0 Å². The van der Waals surface area contributed by atoms with Crippen molar-refractivity contribution in [2.75, 3.05) is 12.3 Å². The number of aliphatic hydroxyl groups is 1. The minimum absolute atomic E-state index is 0.0309. The van der Waals surface area contributed by atoms with Crippen LogP contribution in [0.5, 0.6) is 0 Å². The Hall–Kier alpha value is -2.09. The summed E-state index contributed by atoms with van der Waals surface area (Å²) in [6.45, 7) is 0.0309. The summed E-state index contributed by atoms with van der Waals surface area (Å²) in [6, 6.07) is 2.14. The zero-order chi connectivity index (χ0) is 14.8. The third kappa shape index (κ3) is 2.90. The first-order valence-corrected chi connectivity index (χ1v) is 5.90. The lowest BCUT2D eigenvalue weighted by atomic mass is 10.2. The van der Waals surface area contributed by atoms with Crippen molar-refractivity contribution in [3.63, 3.8) is 0 Å². The van der Waals surface area contributed by atoms with Crippen LogP contribution in [0.2, 0.25) is 0 Å². The first-order chi connectivity index (χ1) is 9.43. The molecule has 0 aliphatic rings. The zero-order valence-corrected chi connectivity index (χ0v) is 10.4. The molecule has 0 fully saturated rings. The summed E-state index contributed by atoms with van der Waals surface area (Å²) >= 11 is 0. The minimum Gasteiger partial charge on any atom is -0.396 e. The Morgan fingerprint density at radius 1 is 1.25 bits per heavy atom. The number of hydrogen-bond acceptors (Lipinski definition) is 4. The molecule has 0 bridgehead atoms. The minimum atomic E-state index is -4.42. The number of nitrogen functional groups attached to an aromatic ring is 1. The van der Waals surface area contributed by atoms with Crippen molar-refractivity contribution in [1.29, 1.82) is 0 Å². The van der Waals surface area contributed by atoms with Gasteiger partial charge in [-0.05, 0) is 25.0 Å². The molecule has 3 N–H and O–H groups in total. The molecule has 0 saturated heterocycles. The third-order valence-corrected chi connectivity index (χ3v) is 2.78. The van der Waals surface area contributed by atoms with E-state index in [0.717, 1.165) is 17.8 Å². The molecule has 0 amide bonds. The summed E-state index contributed by atoms with van der Waals surface area (Å²) < 4.78 is 38.6. The van der Waals surface area contributed by atoms with Crippen LogP contribution in [0, 0.1) is 0 Å². The summed E-state index contributed by atoms with van der Waals surface area (Å²) in [6.07, 6.45) is -1.08. The monoisotopic (exact) mass is 286 g/mol. The second-order valence-electron chi connectivity index (χ2n) is 4.20. The van der Waals surface area contributed by atoms with Crippen LogP contribution in [0.1, 0.15) is 17.5 Å². The lowest BCUT2D eigenvalue weighted by molar-refractivity contribution is -0.137. The molecule has 0 atom stereocenters. The maximum Gasteiger partial charge on any atom is 0.417 e. The lowest BCUT2D eigenvalue weighted by Gasteiger charge is -2.08. The Morgan fingerprint density at radius 2 is 2.00 bits per heavy atom. The van der Waals surface area contributed by atoms with Crippen LogP contribution in [0.15, 0.2) is 24.5 Å². The molecule has 108 valence electrons. The largest absolute Gasteiger partial charge is 0.417 e. The van der Waals surface area contributed by atoms with Gasteiger partial charge in [0.25, 0.3) is 0 Å². The number of rotatable bonds is 4. The standard InChI is InChI=1S/C12H13F3N4O/c13-12(14,15)9-3-4-10(17-7-9)19-11(16)8(6-18-19)2-1-5-20/h3-4,6-7,20H,1-2,5,16H2. The number of aliphatic hydroxyl groups excluding tert-OH is 1. The quantitative estimate of drug-likeness (QED) is 0.898. The molecule has 2 rings (SSSR count). The molecule has 0 aliphatic carbocycles. The number of anilines is 1. The molecule has 0 aliphatic heterocycles. The van der Waals surface area contributed by atoms with Gasteiger partial charge in [-0.3, -0.25) is 0 Å². The van der Waals surface area contributed by atoms with Gasteiger partial charge in [-0.25, -0.2) is 4.98 Å². The van der Waals surface area contributed by atoms with E-state index in [-0.39, 0.29) is 12.4 Å². The highest BCUT2D eigenvalue weighted by molar-refractivity contribution is 5.44. The second-order valence-corrected chi connectivity index (χ2v) is 4.20. The molecule has 20 heavy (non-hydrogen) atoms. The highest BCUT2D eigenvalue weighted by atomic mass is 19.4. The number of nitrogens with zero attached hydrogens (tertiary/aromatic N) is 3. The highest BCUT2D eigenvalue weighted by Crippen LogP contribution is 2.29. The Bertz CT molecular complexity index is 577. The van der Waals surface area contributed by atoms with E-state index in [1.54, 1.807) is 0 Å². The summed E-state index contributed by atoms with van der Waals surface area (Å²) in [5.74, 6) is 0.524. The van der Waals surface area contributed by atoms with E-state index in [4.69, 9.17) is 10.8 Å². The average molecular weight is 286 g/mol. The van der Waals surface area contributed by atoms with Crippen molar-refractivity contribution < 1.29 is 18.3 Å². The SMILES string of the molecule is Nc1c(CCCO)cnn1-c1ccc(C(F)(F)F)cn1. The fraction of sp³-hybridized carbons (Fsp3) is 0.333. The predicted octanol–water partition coefficient (Wildman–Crippen LogP) is 1.79. The Balaban J connectivity index is 2.26. The number of aryl methyl sites for hydroxylation is 1. The van der Waals surface area contributed by atoms with Gasteiger partial charge in [0, 0.05) is 18.4 Å². The first kappa shape index (κ1) is 14.3. The van der Waals surface area contributed by atoms with Crippen LogP contribution in [-0.2, 0) is 12.6 Å². The summed E-state index contributed by atoms with van der Waals surface area (Å²) in [4.78, 5) is 3.72. The molecular formula is C12H13F3N4O. The highest BCUT2D eigenvalue weighted by Gasteiger charge is 2.30. The molecule has 0 saturated carbocycles. The van der Waals surface area contributed by atoms with E-state index in [1.165, 1.54) is 16.9 Å². The molecule has 2 aromatic heterocycles. The molecule has 2 heterocycles. The molecule has 8 heteroatoms.